The molecule has 0 saturated heterocycles. The Labute approximate surface area is 182 Å². The normalized spacial score (nSPS) is 30.0. The number of rotatable bonds is 13. The molecule has 6 atom stereocenters. The second-order valence-electron chi connectivity index (χ2n) is 11.1. The quantitative estimate of drug-likeness (QED) is 0.307. The second kappa shape index (κ2) is 12.1. The van der Waals surface area contributed by atoms with Crippen molar-refractivity contribution < 1.29 is 9.47 Å². The fraction of sp³-hybridized carbons (Fsp3) is 1.00. The van der Waals surface area contributed by atoms with Gasteiger partial charge in [-0.25, -0.2) is 0 Å². The lowest BCUT2D eigenvalue weighted by atomic mass is 9.75. The van der Waals surface area contributed by atoms with E-state index in [1.165, 1.54) is 70.6 Å². The zero-order valence-corrected chi connectivity index (χ0v) is 20.8. The summed E-state index contributed by atoms with van der Waals surface area (Å²) in [4.78, 5) is 0. The minimum absolute atomic E-state index is 0.183. The summed E-state index contributed by atoms with van der Waals surface area (Å²) >= 11 is 0. The van der Waals surface area contributed by atoms with Crippen molar-refractivity contribution in [3.8, 4) is 0 Å². The van der Waals surface area contributed by atoms with Crippen LogP contribution in [0.5, 0.6) is 0 Å². The smallest absolute Gasteiger partial charge is 0.0683 e. The van der Waals surface area contributed by atoms with E-state index in [-0.39, 0.29) is 5.60 Å². The van der Waals surface area contributed by atoms with Crippen molar-refractivity contribution in [2.75, 3.05) is 6.61 Å². The van der Waals surface area contributed by atoms with E-state index >= 15 is 0 Å². The number of hydrogen-bond donors (Lipinski definition) is 0. The fourth-order valence-electron chi connectivity index (χ4n) is 6.70. The molecule has 0 bridgehead atoms. The fourth-order valence-corrected chi connectivity index (χ4v) is 6.70. The highest BCUT2D eigenvalue weighted by Crippen LogP contribution is 2.47. The van der Waals surface area contributed by atoms with Crippen molar-refractivity contribution in [3.63, 3.8) is 0 Å². The van der Waals surface area contributed by atoms with E-state index in [1.54, 1.807) is 0 Å². The first kappa shape index (κ1) is 25.2. The largest absolute Gasteiger partial charge is 0.379 e. The molecule has 6 unspecified atom stereocenters. The van der Waals surface area contributed by atoms with Gasteiger partial charge in [0.25, 0.3) is 0 Å². The van der Waals surface area contributed by atoms with Gasteiger partial charge in [-0.05, 0) is 108 Å². The van der Waals surface area contributed by atoms with E-state index in [1.807, 2.05) is 0 Å². The summed E-state index contributed by atoms with van der Waals surface area (Å²) in [5.41, 5.74) is 0.183. The molecule has 2 fully saturated rings. The first-order valence-electron chi connectivity index (χ1n) is 13.1. The molecule has 2 heteroatoms. The average Bonchev–Trinajstić information content (AvgIpc) is 3.25. The lowest BCUT2D eigenvalue weighted by Crippen LogP contribution is -2.34. The van der Waals surface area contributed by atoms with Gasteiger partial charge in [0, 0.05) is 6.61 Å². The summed E-state index contributed by atoms with van der Waals surface area (Å²) in [7, 11) is 0. The van der Waals surface area contributed by atoms with Gasteiger partial charge in [-0.3, -0.25) is 0 Å². The van der Waals surface area contributed by atoms with Crippen LogP contribution in [0.25, 0.3) is 0 Å². The molecule has 0 N–H and O–H groups in total. The Morgan fingerprint density at radius 1 is 0.931 bits per heavy atom. The number of ether oxygens (including phenoxy) is 2. The van der Waals surface area contributed by atoms with E-state index in [0.717, 1.165) is 36.2 Å². The Bertz CT molecular complexity index is 440. The molecule has 0 aromatic heterocycles. The molecule has 2 aliphatic carbocycles. The molecule has 0 aromatic carbocycles. The molecule has 0 heterocycles. The third-order valence-electron chi connectivity index (χ3n) is 8.00. The maximum Gasteiger partial charge on any atom is 0.0683 e. The molecule has 0 aliphatic heterocycles. The van der Waals surface area contributed by atoms with Gasteiger partial charge in [0.2, 0.25) is 0 Å². The summed E-state index contributed by atoms with van der Waals surface area (Å²) < 4.78 is 12.7. The standard InChI is InChI=1S/C27H52O2/c1-8-27(14-10-11-15-27)29-23(7)19-24(13-12-22(6)28-9-2)26-18-21(5)17-25(26)16-20(3)4/h20-26H,8-19H2,1-7H3. The van der Waals surface area contributed by atoms with Crippen molar-refractivity contribution >= 4 is 0 Å². The predicted octanol–water partition coefficient (Wildman–Crippen LogP) is 8.03. The molecule has 2 rings (SSSR count). The highest BCUT2D eigenvalue weighted by atomic mass is 16.5. The predicted molar refractivity (Wildman–Crippen MR) is 125 cm³/mol. The van der Waals surface area contributed by atoms with Crippen LogP contribution >= 0.6 is 0 Å². The third kappa shape index (κ3) is 7.84. The van der Waals surface area contributed by atoms with Crippen LogP contribution in [0.15, 0.2) is 0 Å². The summed E-state index contributed by atoms with van der Waals surface area (Å²) in [6.45, 7) is 17.2. The molecule has 0 amide bonds. The minimum Gasteiger partial charge on any atom is -0.379 e. The van der Waals surface area contributed by atoms with Crippen LogP contribution < -0.4 is 0 Å². The van der Waals surface area contributed by atoms with Gasteiger partial charge >= 0.3 is 0 Å². The zero-order valence-electron chi connectivity index (χ0n) is 20.8. The molecule has 2 saturated carbocycles. The molecular formula is C27H52O2. The van der Waals surface area contributed by atoms with Crippen LogP contribution in [0, 0.1) is 29.6 Å². The van der Waals surface area contributed by atoms with Crippen molar-refractivity contribution in [3.05, 3.63) is 0 Å². The van der Waals surface area contributed by atoms with Crippen molar-refractivity contribution in [1.82, 2.24) is 0 Å². The van der Waals surface area contributed by atoms with Gasteiger partial charge in [0.05, 0.1) is 17.8 Å². The van der Waals surface area contributed by atoms with E-state index in [4.69, 9.17) is 9.47 Å². The van der Waals surface area contributed by atoms with Gasteiger partial charge < -0.3 is 9.47 Å². The summed E-state index contributed by atoms with van der Waals surface area (Å²) in [6.07, 6.45) is 15.2. The zero-order chi connectivity index (χ0) is 21.4. The highest BCUT2D eigenvalue weighted by Gasteiger charge is 2.39. The Kier molecular flexibility index (Phi) is 10.5. The average molecular weight is 409 g/mol. The molecule has 172 valence electrons. The molecule has 0 aromatic rings. The van der Waals surface area contributed by atoms with Crippen molar-refractivity contribution in [2.24, 2.45) is 29.6 Å². The SMILES string of the molecule is CCOC(C)CCC(CC(C)OC1(CC)CCCC1)C1CC(C)CC1CC(C)C. The van der Waals surface area contributed by atoms with Crippen LogP contribution in [-0.4, -0.2) is 24.4 Å². The molecule has 0 spiro atoms. The Hall–Kier alpha value is -0.0800. The van der Waals surface area contributed by atoms with E-state index in [2.05, 4.69) is 48.5 Å². The van der Waals surface area contributed by atoms with Gasteiger partial charge in [0.1, 0.15) is 0 Å². The molecule has 2 aliphatic rings. The summed E-state index contributed by atoms with van der Waals surface area (Å²) in [6, 6.07) is 0. The maximum absolute atomic E-state index is 6.80. The van der Waals surface area contributed by atoms with Crippen LogP contribution in [0.2, 0.25) is 0 Å². The van der Waals surface area contributed by atoms with Gasteiger partial charge in [-0.15, -0.1) is 0 Å². The second-order valence-corrected chi connectivity index (χ2v) is 11.1. The monoisotopic (exact) mass is 408 g/mol. The first-order chi connectivity index (χ1) is 13.8. The Balaban J connectivity index is 2.04. The molecular weight excluding hydrogens is 356 g/mol. The first-order valence-corrected chi connectivity index (χ1v) is 13.1. The van der Waals surface area contributed by atoms with Crippen LogP contribution in [0.1, 0.15) is 119 Å². The molecule has 0 radical (unpaired) electrons. The minimum atomic E-state index is 0.183. The molecule has 29 heavy (non-hydrogen) atoms. The third-order valence-corrected chi connectivity index (χ3v) is 8.00. The van der Waals surface area contributed by atoms with E-state index < -0.39 is 0 Å². The van der Waals surface area contributed by atoms with E-state index in [9.17, 15) is 0 Å². The van der Waals surface area contributed by atoms with Crippen LogP contribution in [0.4, 0.5) is 0 Å². The Morgan fingerprint density at radius 3 is 2.21 bits per heavy atom. The lowest BCUT2D eigenvalue weighted by Gasteiger charge is -2.36. The van der Waals surface area contributed by atoms with E-state index in [0.29, 0.717) is 12.2 Å². The van der Waals surface area contributed by atoms with Gasteiger partial charge in [-0.1, -0.05) is 40.5 Å². The van der Waals surface area contributed by atoms with Crippen molar-refractivity contribution in [1.29, 1.82) is 0 Å². The lowest BCUT2D eigenvalue weighted by molar-refractivity contribution is -0.0964. The number of hydrogen-bond acceptors (Lipinski definition) is 2. The summed E-state index contributed by atoms with van der Waals surface area (Å²) in [5, 5.41) is 0. The van der Waals surface area contributed by atoms with Crippen LogP contribution in [-0.2, 0) is 9.47 Å². The van der Waals surface area contributed by atoms with Crippen molar-refractivity contribution in [2.45, 2.75) is 137 Å². The maximum atomic E-state index is 6.80. The molecule has 2 nitrogen and oxygen atoms in total. The topological polar surface area (TPSA) is 18.5 Å². The van der Waals surface area contributed by atoms with Crippen LogP contribution in [0.3, 0.4) is 0 Å². The highest BCUT2D eigenvalue weighted by molar-refractivity contribution is 4.90. The van der Waals surface area contributed by atoms with Gasteiger partial charge in [-0.2, -0.15) is 0 Å². The summed E-state index contributed by atoms with van der Waals surface area (Å²) in [5.74, 6) is 4.29. The Morgan fingerprint density at radius 2 is 1.62 bits per heavy atom. The van der Waals surface area contributed by atoms with Gasteiger partial charge in [0.15, 0.2) is 0 Å².